The minimum Gasteiger partial charge on any atom is -0.495 e. The Hall–Kier alpha value is -2.72. The highest BCUT2D eigenvalue weighted by Crippen LogP contribution is 2.38. The number of alkyl halides is 3. The molecule has 0 bridgehead atoms. The van der Waals surface area contributed by atoms with Crippen LogP contribution in [0.25, 0.3) is 0 Å². The van der Waals surface area contributed by atoms with E-state index in [4.69, 9.17) is 20.9 Å². The molecule has 0 aliphatic heterocycles. The number of hydrogen-bond acceptors (Lipinski definition) is 5. The van der Waals surface area contributed by atoms with Gasteiger partial charge in [0.25, 0.3) is 10.0 Å². The summed E-state index contributed by atoms with van der Waals surface area (Å²) in [5.74, 6) is 0.587. The number of sulfonamides is 1. The molecular formula is C20H18ClF3N2O4S. The van der Waals surface area contributed by atoms with Crippen LogP contribution in [0.2, 0.25) is 5.02 Å². The molecule has 0 aliphatic carbocycles. The number of benzene rings is 2. The lowest BCUT2D eigenvalue weighted by Gasteiger charge is -2.26. The van der Waals surface area contributed by atoms with E-state index in [-0.39, 0.29) is 23.0 Å². The van der Waals surface area contributed by atoms with Gasteiger partial charge < -0.3 is 9.26 Å². The molecule has 0 aliphatic rings. The lowest BCUT2D eigenvalue weighted by molar-refractivity contribution is -0.137. The summed E-state index contributed by atoms with van der Waals surface area (Å²) >= 11 is 6.05. The van der Waals surface area contributed by atoms with Crippen LogP contribution in [0.5, 0.6) is 5.75 Å². The second-order valence-electron chi connectivity index (χ2n) is 6.63. The summed E-state index contributed by atoms with van der Waals surface area (Å²) in [7, 11) is -3.20. The van der Waals surface area contributed by atoms with Gasteiger partial charge in [-0.3, -0.25) is 4.31 Å². The largest absolute Gasteiger partial charge is 0.495 e. The lowest BCUT2D eigenvalue weighted by Crippen LogP contribution is -2.31. The summed E-state index contributed by atoms with van der Waals surface area (Å²) in [6, 6.07) is 8.40. The molecule has 1 aromatic heterocycles. The van der Waals surface area contributed by atoms with Crippen LogP contribution < -0.4 is 9.04 Å². The van der Waals surface area contributed by atoms with Gasteiger partial charge in [0.05, 0.1) is 35.6 Å². The van der Waals surface area contributed by atoms with Crippen molar-refractivity contribution in [1.82, 2.24) is 5.16 Å². The van der Waals surface area contributed by atoms with E-state index in [0.29, 0.717) is 23.1 Å². The van der Waals surface area contributed by atoms with Crippen LogP contribution in [-0.2, 0) is 22.7 Å². The molecule has 0 saturated carbocycles. The molecule has 31 heavy (non-hydrogen) atoms. The van der Waals surface area contributed by atoms with Gasteiger partial charge in [-0.15, -0.1) is 0 Å². The Labute approximate surface area is 182 Å². The molecule has 3 aromatic rings. The van der Waals surface area contributed by atoms with E-state index < -0.39 is 26.7 Å². The van der Waals surface area contributed by atoms with Crippen molar-refractivity contribution in [3.05, 3.63) is 70.1 Å². The number of ether oxygens (including phenoxy) is 1. The molecule has 0 radical (unpaired) electrons. The van der Waals surface area contributed by atoms with Crippen LogP contribution >= 0.6 is 11.6 Å². The first kappa shape index (κ1) is 23.0. The van der Waals surface area contributed by atoms with Gasteiger partial charge in [-0.1, -0.05) is 28.9 Å². The second kappa shape index (κ2) is 8.43. The first-order valence-corrected chi connectivity index (χ1v) is 10.7. The Bertz CT molecular complexity index is 1190. The molecular weight excluding hydrogens is 457 g/mol. The van der Waals surface area contributed by atoms with Crippen LogP contribution in [0, 0.1) is 13.8 Å². The summed E-state index contributed by atoms with van der Waals surface area (Å²) < 4.78 is 78.3. The summed E-state index contributed by atoms with van der Waals surface area (Å²) in [6.45, 7) is 2.99. The van der Waals surface area contributed by atoms with Gasteiger partial charge in [0.2, 0.25) is 0 Å². The van der Waals surface area contributed by atoms with Crippen molar-refractivity contribution in [3.8, 4) is 5.75 Å². The molecule has 0 amide bonds. The Morgan fingerprint density at radius 2 is 1.84 bits per heavy atom. The third-order valence-electron chi connectivity index (χ3n) is 4.66. The van der Waals surface area contributed by atoms with Gasteiger partial charge in [-0.2, -0.15) is 13.2 Å². The van der Waals surface area contributed by atoms with Crippen molar-refractivity contribution >= 4 is 27.3 Å². The molecule has 0 fully saturated rings. The van der Waals surface area contributed by atoms with Gasteiger partial charge in [-0.05, 0) is 44.2 Å². The van der Waals surface area contributed by atoms with E-state index in [1.165, 1.54) is 13.2 Å². The zero-order valence-corrected chi connectivity index (χ0v) is 18.3. The first-order chi connectivity index (χ1) is 14.5. The third kappa shape index (κ3) is 4.49. The second-order valence-corrected chi connectivity index (χ2v) is 8.87. The zero-order valence-electron chi connectivity index (χ0n) is 16.7. The molecule has 11 heteroatoms. The van der Waals surface area contributed by atoms with Crippen molar-refractivity contribution < 1.29 is 30.8 Å². The van der Waals surface area contributed by atoms with Crippen LogP contribution in [0.15, 0.2) is 51.9 Å². The maximum absolute atomic E-state index is 13.6. The van der Waals surface area contributed by atoms with E-state index >= 15 is 0 Å². The summed E-state index contributed by atoms with van der Waals surface area (Å²) in [4.78, 5) is -0.679. The minimum absolute atomic E-state index is 0.124. The van der Waals surface area contributed by atoms with E-state index in [1.807, 2.05) is 0 Å². The highest BCUT2D eigenvalue weighted by Gasteiger charge is 2.36. The standard InChI is InChI=1S/C20H18ClF3N2O4S/c1-12-15(13(2)30-25-12)11-26(17-6-4-5-7-18(17)29-3)31(27,28)19-10-14(20(22,23)24)8-9-16(19)21/h4-10H,11H2,1-3H3. The van der Waals surface area contributed by atoms with Crippen molar-refractivity contribution in [2.24, 2.45) is 0 Å². The number of hydrogen-bond donors (Lipinski definition) is 0. The van der Waals surface area contributed by atoms with Crippen LogP contribution in [-0.4, -0.2) is 20.7 Å². The number of anilines is 1. The molecule has 0 spiro atoms. The Kier molecular flexibility index (Phi) is 6.24. The fraction of sp³-hybridized carbons (Fsp3) is 0.250. The number of nitrogens with zero attached hydrogens (tertiary/aromatic N) is 2. The number of rotatable bonds is 6. The predicted octanol–water partition coefficient (Wildman–Crippen LogP) is 5.37. The zero-order chi connectivity index (χ0) is 23.0. The number of aromatic nitrogens is 1. The smallest absolute Gasteiger partial charge is 0.416 e. The predicted molar refractivity (Wildman–Crippen MR) is 109 cm³/mol. The average Bonchev–Trinajstić information content (AvgIpc) is 3.02. The quantitative estimate of drug-likeness (QED) is 0.480. The fourth-order valence-electron chi connectivity index (χ4n) is 3.00. The minimum atomic E-state index is -4.74. The first-order valence-electron chi connectivity index (χ1n) is 8.91. The molecule has 1 heterocycles. The van der Waals surface area contributed by atoms with Gasteiger partial charge in [0.1, 0.15) is 16.4 Å². The third-order valence-corrected chi connectivity index (χ3v) is 6.90. The topological polar surface area (TPSA) is 72.6 Å². The van der Waals surface area contributed by atoms with Crippen molar-refractivity contribution in [3.63, 3.8) is 0 Å². The number of aryl methyl sites for hydroxylation is 2. The molecule has 166 valence electrons. The van der Waals surface area contributed by atoms with E-state index in [9.17, 15) is 21.6 Å². The van der Waals surface area contributed by atoms with Gasteiger partial charge in [-0.25, -0.2) is 8.42 Å². The molecule has 0 N–H and O–H groups in total. The van der Waals surface area contributed by atoms with Gasteiger partial charge in [0, 0.05) is 5.56 Å². The van der Waals surface area contributed by atoms with Crippen molar-refractivity contribution in [2.75, 3.05) is 11.4 Å². The number of halogens is 4. The molecule has 0 atom stereocenters. The van der Waals surface area contributed by atoms with Gasteiger partial charge >= 0.3 is 6.18 Å². The highest BCUT2D eigenvalue weighted by molar-refractivity contribution is 7.93. The Morgan fingerprint density at radius 3 is 2.42 bits per heavy atom. The van der Waals surface area contributed by atoms with Crippen molar-refractivity contribution in [1.29, 1.82) is 0 Å². The van der Waals surface area contributed by atoms with Crippen molar-refractivity contribution in [2.45, 2.75) is 31.5 Å². The van der Waals surface area contributed by atoms with Gasteiger partial charge in [0.15, 0.2) is 0 Å². The van der Waals surface area contributed by atoms with Crippen LogP contribution in [0.4, 0.5) is 18.9 Å². The molecule has 6 nitrogen and oxygen atoms in total. The summed E-state index contributed by atoms with van der Waals surface area (Å²) in [6.07, 6.45) is -4.74. The number of para-hydroxylation sites is 2. The monoisotopic (exact) mass is 474 g/mol. The van der Waals surface area contributed by atoms with E-state index in [1.54, 1.807) is 32.0 Å². The number of methoxy groups -OCH3 is 1. The fourth-order valence-corrected chi connectivity index (χ4v) is 4.95. The Balaban J connectivity index is 2.24. The maximum atomic E-state index is 13.6. The van der Waals surface area contributed by atoms with E-state index in [2.05, 4.69) is 5.16 Å². The lowest BCUT2D eigenvalue weighted by atomic mass is 10.2. The average molecular weight is 475 g/mol. The molecule has 0 saturated heterocycles. The normalized spacial score (nSPS) is 12.1. The van der Waals surface area contributed by atoms with Crippen LogP contribution in [0.3, 0.4) is 0 Å². The molecule has 2 aromatic carbocycles. The summed E-state index contributed by atoms with van der Waals surface area (Å²) in [5.41, 5.74) is -0.0911. The maximum Gasteiger partial charge on any atom is 0.416 e. The molecule has 3 rings (SSSR count). The van der Waals surface area contributed by atoms with Crippen LogP contribution in [0.1, 0.15) is 22.6 Å². The summed E-state index contributed by atoms with van der Waals surface area (Å²) in [5, 5.41) is 3.48. The molecule has 0 unspecified atom stereocenters. The SMILES string of the molecule is COc1ccccc1N(Cc1c(C)noc1C)S(=O)(=O)c1cc(C(F)(F)F)ccc1Cl. The Morgan fingerprint density at radius 1 is 1.16 bits per heavy atom. The van der Waals surface area contributed by atoms with E-state index in [0.717, 1.165) is 16.4 Å². The highest BCUT2D eigenvalue weighted by atomic mass is 35.5.